The van der Waals surface area contributed by atoms with Crippen molar-refractivity contribution in [2.45, 2.75) is 32.5 Å². The highest BCUT2D eigenvalue weighted by molar-refractivity contribution is 5.97. The minimum absolute atomic E-state index is 0.0346. The molecule has 1 N–H and O–H groups in total. The van der Waals surface area contributed by atoms with Gasteiger partial charge in [0.15, 0.2) is 0 Å². The van der Waals surface area contributed by atoms with E-state index in [1.54, 1.807) is 11.1 Å². The number of benzene rings is 1. The van der Waals surface area contributed by atoms with Crippen molar-refractivity contribution in [1.29, 1.82) is 0 Å². The molecule has 2 aliphatic rings. The van der Waals surface area contributed by atoms with Gasteiger partial charge in [0.1, 0.15) is 12.1 Å². The molecule has 2 amide bonds. The summed E-state index contributed by atoms with van der Waals surface area (Å²) in [5.41, 5.74) is 2.18. The fourth-order valence-electron chi connectivity index (χ4n) is 3.96. The lowest BCUT2D eigenvalue weighted by Gasteiger charge is -2.46. The second-order valence-corrected chi connectivity index (χ2v) is 7.50. The SMILES string of the molecule is CC(C)[C@@H]1NC(=O)[C@H]2CN(Cc3cccc4ncccc34)CCN2C1=O. The van der Waals surface area contributed by atoms with Crippen molar-refractivity contribution in [3.63, 3.8) is 0 Å². The normalized spacial score (nSPS) is 24.0. The summed E-state index contributed by atoms with van der Waals surface area (Å²) in [6, 6.07) is 9.38. The quantitative estimate of drug-likeness (QED) is 0.907. The van der Waals surface area contributed by atoms with Crippen LogP contribution < -0.4 is 5.32 Å². The predicted molar refractivity (Wildman–Crippen MR) is 99.3 cm³/mol. The Balaban J connectivity index is 1.52. The van der Waals surface area contributed by atoms with Crippen LogP contribution in [0.1, 0.15) is 19.4 Å². The molecule has 3 heterocycles. The van der Waals surface area contributed by atoms with Crippen LogP contribution in [0, 0.1) is 5.92 Å². The van der Waals surface area contributed by atoms with E-state index in [-0.39, 0.29) is 23.8 Å². The summed E-state index contributed by atoms with van der Waals surface area (Å²) in [5, 5.41) is 4.05. The van der Waals surface area contributed by atoms with Crippen LogP contribution in [0.15, 0.2) is 36.5 Å². The van der Waals surface area contributed by atoms with Gasteiger partial charge < -0.3 is 10.2 Å². The van der Waals surface area contributed by atoms with Gasteiger partial charge in [-0.3, -0.25) is 19.5 Å². The van der Waals surface area contributed by atoms with Gasteiger partial charge in [-0.15, -0.1) is 0 Å². The number of rotatable bonds is 3. The van der Waals surface area contributed by atoms with E-state index in [9.17, 15) is 9.59 Å². The third-order valence-electron chi connectivity index (χ3n) is 5.41. The smallest absolute Gasteiger partial charge is 0.246 e. The van der Waals surface area contributed by atoms with Gasteiger partial charge in [-0.05, 0) is 23.6 Å². The molecule has 0 saturated carbocycles. The Hall–Kier alpha value is -2.47. The summed E-state index contributed by atoms with van der Waals surface area (Å²) >= 11 is 0. The van der Waals surface area contributed by atoms with Crippen LogP contribution in [0.3, 0.4) is 0 Å². The predicted octanol–water partition coefficient (Wildman–Crippen LogP) is 1.40. The average Bonchev–Trinajstić information content (AvgIpc) is 2.65. The number of carbonyl (C=O) groups excluding carboxylic acids is 2. The Morgan fingerprint density at radius 1 is 1.19 bits per heavy atom. The van der Waals surface area contributed by atoms with Crippen LogP contribution in [0.4, 0.5) is 0 Å². The van der Waals surface area contributed by atoms with Crippen LogP contribution in [0.2, 0.25) is 0 Å². The van der Waals surface area contributed by atoms with Crippen molar-refractivity contribution in [2.75, 3.05) is 19.6 Å². The largest absolute Gasteiger partial charge is 0.342 e. The van der Waals surface area contributed by atoms with E-state index in [0.29, 0.717) is 13.1 Å². The summed E-state index contributed by atoms with van der Waals surface area (Å²) in [7, 11) is 0. The molecule has 0 spiro atoms. The highest BCUT2D eigenvalue weighted by Gasteiger charge is 2.44. The van der Waals surface area contributed by atoms with E-state index in [1.165, 1.54) is 5.56 Å². The van der Waals surface area contributed by atoms with Crippen molar-refractivity contribution in [2.24, 2.45) is 5.92 Å². The lowest BCUT2D eigenvalue weighted by molar-refractivity contribution is -0.154. The minimum atomic E-state index is -0.394. The molecule has 2 aliphatic heterocycles. The molecule has 2 atom stereocenters. The summed E-state index contributed by atoms with van der Waals surface area (Å²) in [4.78, 5) is 33.7. The van der Waals surface area contributed by atoms with Crippen LogP contribution >= 0.6 is 0 Å². The van der Waals surface area contributed by atoms with Crippen LogP contribution in [0.5, 0.6) is 0 Å². The van der Waals surface area contributed by atoms with Gasteiger partial charge in [-0.2, -0.15) is 0 Å². The molecule has 136 valence electrons. The van der Waals surface area contributed by atoms with Crippen molar-refractivity contribution in [3.05, 3.63) is 42.1 Å². The standard InChI is InChI=1S/C20H24N4O2/c1-13(2)18-20(26)24-10-9-23(12-17(24)19(25)22-18)11-14-5-3-7-16-15(14)6-4-8-21-16/h3-8,13,17-18H,9-12H2,1-2H3,(H,22,25)/t17-,18+/m1/s1. The molecule has 0 radical (unpaired) electrons. The van der Waals surface area contributed by atoms with Gasteiger partial charge in [-0.25, -0.2) is 0 Å². The van der Waals surface area contributed by atoms with Crippen molar-refractivity contribution < 1.29 is 9.59 Å². The maximum atomic E-state index is 12.7. The van der Waals surface area contributed by atoms with Gasteiger partial charge >= 0.3 is 0 Å². The van der Waals surface area contributed by atoms with E-state index in [0.717, 1.165) is 24.0 Å². The van der Waals surface area contributed by atoms with Gasteiger partial charge in [0.25, 0.3) is 0 Å². The summed E-state index contributed by atoms with van der Waals surface area (Å²) in [6.45, 7) is 6.63. The van der Waals surface area contributed by atoms with Crippen LogP contribution in [-0.4, -0.2) is 58.3 Å². The highest BCUT2D eigenvalue weighted by Crippen LogP contribution is 2.23. The van der Waals surface area contributed by atoms with Crippen molar-refractivity contribution >= 4 is 22.7 Å². The number of pyridine rings is 1. The van der Waals surface area contributed by atoms with Crippen LogP contribution in [0.25, 0.3) is 10.9 Å². The molecule has 2 saturated heterocycles. The number of piperazine rings is 2. The third kappa shape index (κ3) is 2.94. The zero-order valence-electron chi connectivity index (χ0n) is 15.2. The fraction of sp³-hybridized carbons (Fsp3) is 0.450. The Morgan fingerprint density at radius 2 is 2.04 bits per heavy atom. The maximum Gasteiger partial charge on any atom is 0.246 e. The van der Waals surface area contributed by atoms with Crippen LogP contribution in [-0.2, 0) is 16.1 Å². The topological polar surface area (TPSA) is 65.5 Å². The Kier molecular flexibility index (Phi) is 4.36. The highest BCUT2D eigenvalue weighted by atomic mass is 16.2. The Morgan fingerprint density at radius 3 is 2.85 bits per heavy atom. The van der Waals surface area contributed by atoms with E-state index in [2.05, 4.69) is 27.3 Å². The van der Waals surface area contributed by atoms with E-state index in [4.69, 9.17) is 0 Å². The molecule has 6 heteroatoms. The number of nitrogens with one attached hydrogen (secondary N) is 1. The maximum absolute atomic E-state index is 12.7. The molecule has 0 unspecified atom stereocenters. The number of amides is 2. The Labute approximate surface area is 153 Å². The van der Waals surface area contributed by atoms with Crippen molar-refractivity contribution in [3.8, 4) is 0 Å². The second-order valence-electron chi connectivity index (χ2n) is 7.50. The molecule has 1 aromatic heterocycles. The molecule has 2 aromatic rings. The number of aromatic nitrogens is 1. The zero-order chi connectivity index (χ0) is 18.3. The average molecular weight is 352 g/mol. The van der Waals surface area contributed by atoms with Gasteiger partial charge in [0.05, 0.1) is 5.52 Å². The van der Waals surface area contributed by atoms with Gasteiger partial charge in [-0.1, -0.05) is 32.0 Å². The molecule has 0 aliphatic carbocycles. The second kappa shape index (κ2) is 6.68. The van der Waals surface area contributed by atoms with Crippen molar-refractivity contribution in [1.82, 2.24) is 20.1 Å². The first-order chi connectivity index (χ1) is 12.5. The summed E-state index contributed by atoms with van der Waals surface area (Å²) < 4.78 is 0. The number of fused-ring (bicyclic) bond motifs is 2. The first-order valence-corrected chi connectivity index (χ1v) is 9.20. The van der Waals surface area contributed by atoms with Gasteiger partial charge in [0, 0.05) is 37.8 Å². The molecule has 26 heavy (non-hydrogen) atoms. The van der Waals surface area contributed by atoms with Gasteiger partial charge in [0.2, 0.25) is 11.8 Å². The molecule has 0 bridgehead atoms. The molecule has 2 fully saturated rings. The number of hydrogen-bond donors (Lipinski definition) is 1. The lowest BCUT2D eigenvalue weighted by atomic mass is 9.96. The summed E-state index contributed by atoms with van der Waals surface area (Å²) in [5.74, 6) is 0.125. The first-order valence-electron chi connectivity index (χ1n) is 9.20. The number of hydrogen-bond acceptors (Lipinski definition) is 4. The third-order valence-corrected chi connectivity index (χ3v) is 5.41. The fourth-order valence-corrected chi connectivity index (χ4v) is 3.96. The van der Waals surface area contributed by atoms with E-state index >= 15 is 0 Å². The number of nitrogens with zero attached hydrogens (tertiary/aromatic N) is 3. The molecule has 6 nitrogen and oxygen atoms in total. The molecular formula is C20H24N4O2. The lowest BCUT2D eigenvalue weighted by Crippen LogP contribution is -2.70. The molecular weight excluding hydrogens is 328 g/mol. The summed E-state index contributed by atoms with van der Waals surface area (Å²) in [6.07, 6.45) is 1.80. The molecule has 4 rings (SSSR count). The zero-order valence-corrected chi connectivity index (χ0v) is 15.2. The monoisotopic (exact) mass is 352 g/mol. The number of carbonyl (C=O) groups is 2. The van der Waals surface area contributed by atoms with E-state index < -0.39 is 6.04 Å². The first kappa shape index (κ1) is 17.0. The minimum Gasteiger partial charge on any atom is -0.342 e. The van der Waals surface area contributed by atoms with E-state index in [1.807, 2.05) is 32.0 Å². The molecule has 1 aromatic carbocycles. The Bertz CT molecular complexity index is 845.